The van der Waals surface area contributed by atoms with E-state index < -0.39 is 0 Å². The number of carbonyl (C=O) groups excluding carboxylic acids is 2. The molecule has 2 rings (SSSR count). The van der Waals surface area contributed by atoms with E-state index in [2.05, 4.69) is 10.3 Å². The third kappa shape index (κ3) is 4.39. The van der Waals surface area contributed by atoms with Gasteiger partial charge in [-0.05, 0) is 30.5 Å². The Balaban J connectivity index is 1.98. The number of nitrogens with zero attached hydrogens (tertiary/aromatic N) is 1. The van der Waals surface area contributed by atoms with E-state index in [4.69, 9.17) is 4.74 Å². The van der Waals surface area contributed by atoms with Gasteiger partial charge in [-0.25, -0.2) is 9.78 Å². The van der Waals surface area contributed by atoms with Crippen molar-refractivity contribution < 1.29 is 14.3 Å². The van der Waals surface area contributed by atoms with Gasteiger partial charge < -0.3 is 10.1 Å². The fraction of sp³-hybridized carbons (Fsp3) is 0.267. The maximum atomic E-state index is 11.5. The van der Waals surface area contributed by atoms with Crippen molar-refractivity contribution >= 4 is 28.3 Å². The predicted octanol–water partition coefficient (Wildman–Crippen LogP) is 2.67. The molecule has 2 aromatic rings. The third-order valence-corrected chi connectivity index (χ3v) is 3.82. The van der Waals surface area contributed by atoms with Crippen LogP contribution < -0.4 is 5.32 Å². The number of thiazole rings is 1. The molecular formula is C15H16N2O3S. The van der Waals surface area contributed by atoms with E-state index in [0.29, 0.717) is 10.7 Å². The first-order chi connectivity index (χ1) is 10.1. The molecule has 1 heterocycles. The van der Waals surface area contributed by atoms with Crippen LogP contribution in [0.1, 0.15) is 27.7 Å². The highest BCUT2D eigenvalue weighted by atomic mass is 32.1. The normalized spacial score (nSPS) is 10.2. The second kappa shape index (κ2) is 6.99. The van der Waals surface area contributed by atoms with Crippen LogP contribution >= 0.6 is 11.3 Å². The average molecular weight is 304 g/mol. The summed E-state index contributed by atoms with van der Waals surface area (Å²) in [5.41, 5.74) is 1.62. The lowest BCUT2D eigenvalue weighted by atomic mass is 10.1. The Labute approximate surface area is 127 Å². The Morgan fingerprint density at radius 1 is 1.33 bits per heavy atom. The number of rotatable bonds is 5. The zero-order chi connectivity index (χ0) is 15.2. The Kier molecular flexibility index (Phi) is 5.05. The molecule has 0 atom stereocenters. The second-order valence-electron chi connectivity index (χ2n) is 4.50. The van der Waals surface area contributed by atoms with Gasteiger partial charge in [0.2, 0.25) is 5.91 Å². The number of benzene rings is 1. The fourth-order valence-electron chi connectivity index (χ4n) is 1.87. The number of amides is 1. The summed E-state index contributed by atoms with van der Waals surface area (Å²) in [4.78, 5) is 27.6. The molecule has 0 unspecified atom stereocenters. The number of esters is 1. The summed E-state index contributed by atoms with van der Waals surface area (Å²) >= 11 is 1.46. The molecule has 110 valence electrons. The fourth-order valence-corrected chi connectivity index (χ4v) is 2.73. The molecular weight excluding hydrogens is 288 g/mol. The Morgan fingerprint density at radius 3 is 2.86 bits per heavy atom. The number of hydrogen-bond donors (Lipinski definition) is 1. The summed E-state index contributed by atoms with van der Waals surface area (Å²) in [6, 6.07) is 7.39. The van der Waals surface area contributed by atoms with Crippen LogP contribution in [0.5, 0.6) is 0 Å². The quantitative estimate of drug-likeness (QED) is 0.862. The van der Waals surface area contributed by atoms with Gasteiger partial charge in [0.1, 0.15) is 0 Å². The lowest BCUT2D eigenvalue weighted by Gasteiger charge is -2.03. The van der Waals surface area contributed by atoms with Crippen LogP contribution in [0.15, 0.2) is 30.5 Å². The molecule has 0 saturated heterocycles. The lowest BCUT2D eigenvalue weighted by molar-refractivity contribution is -0.114. The highest BCUT2D eigenvalue weighted by molar-refractivity contribution is 7.15. The Morgan fingerprint density at radius 2 is 2.14 bits per heavy atom. The number of ether oxygens (including phenoxy) is 1. The minimum atomic E-state index is -0.331. The van der Waals surface area contributed by atoms with Gasteiger partial charge in [0.25, 0.3) is 0 Å². The van der Waals surface area contributed by atoms with E-state index in [9.17, 15) is 9.59 Å². The number of hydrogen-bond acceptors (Lipinski definition) is 5. The van der Waals surface area contributed by atoms with Crippen molar-refractivity contribution in [3.8, 4) is 0 Å². The molecule has 1 aromatic heterocycles. The smallest absolute Gasteiger partial charge is 0.337 e. The van der Waals surface area contributed by atoms with Crippen LogP contribution in [-0.4, -0.2) is 24.0 Å². The number of carbonyl (C=O) groups is 2. The molecule has 1 amide bonds. The van der Waals surface area contributed by atoms with Gasteiger partial charge in [-0.1, -0.05) is 12.1 Å². The van der Waals surface area contributed by atoms with Crippen molar-refractivity contribution in [2.45, 2.75) is 19.8 Å². The van der Waals surface area contributed by atoms with E-state index in [1.165, 1.54) is 25.4 Å². The molecule has 0 saturated carbocycles. The van der Waals surface area contributed by atoms with Gasteiger partial charge in [0, 0.05) is 18.0 Å². The molecule has 0 fully saturated rings. The van der Waals surface area contributed by atoms with E-state index in [1.807, 2.05) is 18.2 Å². The van der Waals surface area contributed by atoms with Gasteiger partial charge in [0.15, 0.2) is 5.13 Å². The monoisotopic (exact) mass is 304 g/mol. The van der Waals surface area contributed by atoms with E-state index in [1.54, 1.807) is 12.3 Å². The first-order valence-electron chi connectivity index (χ1n) is 6.48. The van der Waals surface area contributed by atoms with Gasteiger partial charge in [-0.3, -0.25) is 4.79 Å². The van der Waals surface area contributed by atoms with Crippen molar-refractivity contribution in [1.82, 2.24) is 4.98 Å². The van der Waals surface area contributed by atoms with Crippen LogP contribution in [0.3, 0.4) is 0 Å². The molecule has 5 nitrogen and oxygen atoms in total. The Bertz CT molecular complexity index is 652. The van der Waals surface area contributed by atoms with Gasteiger partial charge in [-0.2, -0.15) is 0 Å². The van der Waals surface area contributed by atoms with Crippen LogP contribution in [0.2, 0.25) is 0 Å². The molecule has 0 spiro atoms. The molecule has 1 N–H and O–H groups in total. The number of methoxy groups -OCH3 is 1. The summed E-state index contributed by atoms with van der Waals surface area (Å²) in [5, 5.41) is 3.27. The lowest BCUT2D eigenvalue weighted by Crippen LogP contribution is -2.04. The van der Waals surface area contributed by atoms with Crippen molar-refractivity contribution in [3.05, 3.63) is 46.5 Å². The topological polar surface area (TPSA) is 68.3 Å². The second-order valence-corrected chi connectivity index (χ2v) is 5.62. The number of aryl methyl sites for hydroxylation is 2. The van der Waals surface area contributed by atoms with Crippen LogP contribution in [0.25, 0.3) is 0 Å². The molecule has 0 aliphatic rings. The Hall–Kier alpha value is -2.21. The van der Waals surface area contributed by atoms with Crippen molar-refractivity contribution in [2.24, 2.45) is 0 Å². The first kappa shape index (κ1) is 15.2. The van der Waals surface area contributed by atoms with Crippen LogP contribution in [-0.2, 0) is 22.4 Å². The van der Waals surface area contributed by atoms with E-state index in [-0.39, 0.29) is 11.9 Å². The summed E-state index contributed by atoms with van der Waals surface area (Å²) in [6.45, 7) is 1.46. The first-order valence-corrected chi connectivity index (χ1v) is 7.29. The minimum Gasteiger partial charge on any atom is -0.465 e. The third-order valence-electron chi connectivity index (χ3n) is 2.84. The zero-order valence-corrected chi connectivity index (χ0v) is 12.7. The highest BCUT2D eigenvalue weighted by Crippen LogP contribution is 2.20. The van der Waals surface area contributed by atoms with Gasteiger partial charge in [0.05, 0.1) is 12.7 Å². The largest absolute Gasteiger partial charge is 0.465 e. The molecule has 0 bridgehead atoms. The SMILES string of the molecule is COC(=O)c1cccc(CCc2cnc(NC(C)=O)s2)c1. The molecule has 6 heteroatoms. The number of aromatic nitrogens is 1. The van der Waals surface area contributed by atoms with Crippen LogP contribution in [0, 0.1) is 0 Å². The van der Waals surface area contributed by atoms with Gasteiger partial charge >= 0.3 is 5.97 Å². The minimum absolute atomic E-state index is 0.123. The standard InChI is InChI=1S/C15H16N2O3S/c1-10(18)17-15-16-9-13(21-15)7-6-11-4-3-5-12(8-11)14(19)20-2/h3-5,8-9H,6-7H2,1-2H3,(H,16,17,18). The predicted molar refractivity (Wildman–Crippen MR) is 81.6 cm³/mol. The molecule has 0 aliphatic carbocycles. The molecule has 0 aliphatic heterocycles. The summed E-state index contributed by atoms with van der Waals surface area (Å²) in [5.74, 6) is -0.454. The maximum absolute atomic E-state index is 11.5. The van der Waals surface area contributed by atoms with Crippen molar-refractivity contribution in [2.75, 3.05) is 12.4 Å². The number of nitrogens with one attached hydrogen (secondary N) is 1. The van der Waals surface area contributed by atoms with E-state index in [0.717, 1.165) is 23.3 Å². The van der Waals surface area contributed by atoms with Gasteiger partial charge in [-0.15, -0.1) is 11.3 Å². The zero-order valence-electron chi connectivity index (χ0n) is 11.9. The summed E-state index contributed by atoms with van der Waals surface area (Å²) in [6.07, 6.45) is 3.37. The van der Waals surface area contributed by atoms with Crippen molar-refractivity contribution in [3.63, 3.8) is 0 Å². The summed E-state index contributed by atoms with van der Waals surface area (Å²) < 4.78 is 4.71. The molecule has 0 radical (unpaired) electrons. The highest BCUT2D eigenvalue weighted by Gasteiger charge is 2.07. The van der Waals surface area contributed by atoms with E-state index >= 15 is 0 Å². The van der Waals surface area contributed by atoms with Crippen LogP contribution in [0.4, 0.5) is 5.13 Å². The molecule has 1 aromatic carbocycles. The molecule has 21 heavy (non-hydrogen) atoms. The maximum Gasteiger partial charge on any atom is 0.337 e. The van der Waals surface area contributed by atoms with Crippen molar-refractivity contribution in [1.29, 1.82) is 0 Å². The number of anilines is 1. The summed E-state index contributed by atoms with van der Waals surface area (Å²) in [7, 11) is 1.37. The average Bonchev–Trinajstić information content (AvgIpc) is 2.91.